The Morgan fingerprint density at radius 3 is 2.67 bits per heavy atom. The molecule has 2 heterocycles. The summed E-state index contributed by atoms with van der Waals surface area (Å²) in [7, 11) is 0. The number of urea groups is 1. The third-order valence-electron chi connectivity index (χ3n) is 5.19. The number of fused-ring (bicyclic) bond motifs is 1. The van der Waals surface area contributed by atoms with Crippen molar-refractivity contribution in [2.75, 3.05) is 26.2 Å². The standard InChI is InChI=1S/C21H29N3O3/c1-4-23(5-2)21(26)24(14-18-7-6-10-27-18)13-17-12-16-11-15(3)8-9-19(16)22-20(17)25/h8-9,11-12,18H,4-7,10,13-14H2,1-3H3,(H,22,25). The molecule has 1 saturated heterocycles. The number of H-pyrrole nitrogens is 1. The van der Waals surface area contributed by atoms with E-state index in [-0.39, 0.29) is 24.2 Å². The number of aryl methyl sites for hydroxylation is 1. The molecule has 0 aliphatic carbocycles. The van der Waals surface area contributed by atoms with Crippen molar-refractivity contribution in [1.29, 1.82) is 0 Å². The summed E-state index contributed by atoms with van der Waals surface area (Å²) in [6, 6.07) is 7.80. The van der Waals surface area contributed by atoms with Crippen LogP contribution in [-0.2, 0) is 11.3 Å². The molecule has 2 amide bonds. The van der Waals surface area contributed by atoms with Gasteiger partial charge in [0.05, 0.1) is 12.6 Å². The lowest BCUT2D eigenvalue weighted by atomic mass is 10.1. The summed E-state index contributed by atoms with van der Waals surface area (Å²) in [5, 5.41) is 0.983. The molecule has 1 N–H and O–H groups in total. The first-order chi connectivity index (χ1) is 13.0. The van der Waals surface area contributed by atoms with Gasteiger partial charge < -0.3 is 19.5 Å². The number of rotatable bonds is 6. The Morgan fingerprint density at radius 1 is 1.22 bits per heavy atom. The van der Waals surface area contributed by atoms with Crippen molar-refractivity contribution in [1.82, 2.24) is 14.8 Å². The second-order valence-corrected chi connectivity index (χ2v) is 7.18. The van der Waals surface area contributed by atoms with E-state index in [2.05, 4.69) is 4.98 Å². The lowest BCUT2D eigenvalue weighted by molar-refractivity contribution is 0.0715. The van der Waals surface area contributed by atoms with Gasteiger partial charge in [0, 0.05) is 37.3 Å². The van der Waals surface area contributed by atoms with Crippen LogP contribution >= 0.6 is 0 Å². The Kier molecular flexibility index (Phi) is 6.16. The number of nitrogens with zero attached hydrogens (tertiary/aromatic N) is 2. The van der Waals surface area contributed by atoms with E-state index >= 15 is 0 Å². The fourth-order valence-corrected chi connectivity index (χ4v) is 3.63. The maximum absolute atomic E-state index is 13.0. The van der Waals surface area contributed by atoms with E-state index in [4.69, 9.17) is 4.74 Å². The van der Waals surface area contributed by atoms with Crippen molar-refractivity contribution in [3.8, 4) is 0 Å². The number of benzene rings is 1. The minimum Gasteiger partial charge on any atom is -0.376 e. The smallest absolute Gasteiger partial charge is 0.320 e. The minimum absolute atomic E-state index is 0.0424. The van der Waals surface area contributed by atoms with Crippen LogP contribution in [0, 0.1) is 6.92 Å². The molecule has 1 aromatic carbocycles. The number of amides is 2. The van der Waals surface area contributed by atoms with Crippen molar-refractivity contribution in [2.24, 2.45) is 0 Å². The molecule has 6 heteroatoms. The predicted octanol–water partition coefficient (Wildman–Crippen LogP) is 3.28. The number of aromatic amines is 1. The van der Waals surface area contributed by atoms with Crippen LogP contribution in [0.2, 0.25) is 0 Å². The van der Waals surface area contributed by atoms with Crippen LogP contribution < -0.4 is 5.56 Å². The Labute approximate surface area is 160 Å². The Bertz CT molecular complexity index is 851. The Balaban J connectivity index is 1.90. The third kappa shape index (κ3) is 4.50. The lowest BCUT2D eigenvalue weighted by Crippen LogP contribution is -2.46. The number of ether oxygens (including phenoxy) is 1. The van der Waals surface area contributed by atoms with Gasteiger partial charge in [-0.25, -0.2) is 4.79 Å². The second kappa shape index (κ2) is 8.57. The van der Waals surface area contributed by atoms with E-state index in [1.54, 1.807) is 9.80 Å². The van der Waals surface area contributed by atoms with E-state index in [1.165, 1.54) is 0 Å². The molecular formula is C21H29N3O3. The van der Waals surface area contributed by atoms with Crippen molar-refractivity contribution >= 4 is 16.9 Å². The number of hydrogen-bond acceptors (Lipinski definition) is 3. The summed E-state index contributed by atoms with van der Waals surface area (Å²) in [4.78, 5) is 32.1. The largest absolute Gasteiger partial charge is 0.376 e. The average molecular weight is 371 g/mol. The molecule has 1 unspecified atom stereocenters. The van der Waals surface area contributed by atoms with Crippen LogP contribution in [0.25, 0.3) is 10.9 Å². The first-order valence-corrected chi connectivity index (χ1v) is 9.79. The molecule has 3 rings (SSSR count). The van der Waals surface area contributed by atoms with Crippen LogP contribution in [0.3, 0.4) is 0 Å². The zero-order valence-corrected chi connectivity index (χ0v) is 16.5. The van der Waals surface area contributed by atoms with Crippen LogP contribution in [0.1, 0.15) is 37.8 Å². The third-order valence-corrected chi connectivity index (χ3v) is 5.19. The first kappa shape index (κ1) is 19.4. The van der Waals surface area contributed by atoms with Gasteiger partial charge in [-0.15, -0.1) is 0 Å². The molecule has 1 aliphatic heterocycles. The fraction of sp³-hybridized carbons (Fsp3) is 0.524. The molecule has 0 saturated carbocycles. The molecule has 0 spiro atoms. The predicted molar refractivity (Wildman–Crippen MR) is 107 cm³/mol. The number of aromatic nitrogens is 1. The van der Waals surface area contributed by atoms with Gasteiger partial charge in [-0.05, 0) is 57.2 Å². The van der Waals surface area contributed by atoms with E-state index in [9.17, 15) is 9.59 Å². The fourth-order valence-electron chi connectivity index (χ4n) is 3.63. The minimum atomic E-state index is -0.143. The lowest BCUT2D eigenvalue weighted by Gasteiger charge is -2.31. The van der Waals surface area contributed by atoms with Crippen LogP contribution in [0.15, 0.2) is 29.1 Å². The number of carbonyl (C=O) groups is 1. The summed E-state index contributed by atoms with van der Waals surface area (Å²) < 4.78 is 5.74. The zero-order valence-electron chi connectivity index (χ0n) is 16.5. The molecule has 27 heavy (non-hydrogen) atoms. The van der Waals surface area contributed by atoms with Gasteiger partial charge in [-0.2, -0.15) is 0 Å². The summed E-state index contributed by atoms with van der Waals surface area (Å²) in [5.74, 6) is 0. The first-order valence-electron chi connectivity index (χ1n) is 9.79. The highest BCUT2D eigenvalue weighted by molar-refractivity contribution is 5.80. The van der Waals surface area contributed by atoms with Gasteiger partial charge in [0.1, 0.15) is 0 Å². The molecule has 1 atom stereocenters. The molecule has 0 bridgehead atoms. The summed E-state index contributed by atoms with van der Waals surface area (Å²) in [5.41, 5.74) is 2.41. The van der Waals surface area contributed by atoms with Crippen LogP contribution in [0.4, 0.5) is 4.79 Å². The second-order valence-electron chi connectivity index (χ2n) is 7.18. The highest BCUT2D eigenvalue weighted by atomic mass is 16.5. The molecule has 1 aliphatic rings. The molecule has 1 aromatic heterocycles. The molecule has 2 aromatic rings. The van der Waals surface area contributed by atoms with Gasteiger partial charge in [0.25, 0.3) is 5.56 Å². The van der Waals surface area contributed by atoms with Gasteiger partial charge in [-0.1, -0.05) is 11.6 Å². The van der Waals surface area contributed by atoms with Gasteiger partial charge in [0.15, 0.2) is 0 Å². The van der Waals surface area contributed by atoms with E-state index in [0.717, 1.165) is 35.9 Å². The topological polar surface area (TPSA) is 65.6 Å². The van der Waals surface area contributed by atoms with E-state index in [0.29, 0.717) is 25.2 Å². The van der Waals surface area contributed by atoms with Gasteiger partial charge in [0.2, 0.25) is 0 Å². The highest BCUT2D eigenvalue weighted by Crippen LogP contribution is 2.18. The Hall–Kier alpha value is -2.34. The molecule has 146 valence electrons. The summed E-state index contributed by atoms with van der Waals surface area (Å²) >= 11 is 0. The number of pyridine rings is 1. The van der Waals surface area contributed by atoms with Crippen LogP contribution in [-0.4, -0.2) is 53.2 Å². The highest BCUT2D eigenvalue weighted by Gasteiger charge is 2.26. The summed E-state index contributed by atoms with van der Waals surface area (Å²) in [6.45, 7) is 8.80. The van der Waals surface area contributed by atoms with Gasteiger partial charge >= 0.3 is 6.03 Å². The molecule has 0 radical (unpaired) electrons. The molecule has 1 fully saturated rings. The normalized spacial score (nSPS) is 16.6. The van der Waals surface area contributed by atoms with Crippen molar-refractivity contribution in [3.63, 3.8) is 0 Å². The van der Waals surface area contributed by atoms with Gasteiger partial charge in [-0.3, -0.25) is 4.79 Å². The number of nitrogens with one attached hydrogen (secondary N) is 1. The van der Waals surface area contributed by atoms with E-state index in [1.807, 2.05) is 45.0 Å². The van der Waals surface area contributed by atoms with Crippen molar-refractivity contribution in [3.05, 3.63) is 45.7 Å². The summed E-state index contributed by atoms with van der Waals surface area (Å²) in [6.07, 6.45) is 2.02. The van der Waals surface area contributed by atoms with Crippen molar-refractivity contribution in [2.45, 2.75) is 46.3 Å². The van der Waals surface area contributed by atoms with E-state index < -0.39 is 0 Å². The molecular weight excluding hydrogens is 342 g/mol. The maximum atomic E-state index is 13.0. The van der Waals surface area contributed by atoms with Crippen LogP contribution in [0.5, 0.6) is 0 Å². The zero-order chi connectivity index (χ0) is 19.4. The number of hydrogen-bond donors (Lipinski definition) is 1. The molecule has 6 nitrogen and oxygen atoms in total. The maximum Gasteiger partial charge on any atom is 0.320 e. The average Bonchev–Trinajstić information content (AvgIpc) is 3.16. The quantitative estimate of drug-likeness (QED) is 0.847. The Morgan fingerprint density at radius 2 is 2.00 bits per heavy atom. The SMILES string of the molecule is CCN(CC)C(=O)N(Cc1cc2cc(C)ccc2[nH]c1=O)CC1CCCO1. The monoisotopic (exact) mass is 371 g/mol. The van der Waals surface area contributed by atoms with Crippen molar-refractivity contribution < 1.29 is 9.53 Å². The number of carbonyl (C=O) groups excluding carboxylic acids is 1.